The molecule has 0 fully saturated rings. The molecule has 0 atom stereocenters. The molecule has 5 nitrogen and oxygen atoms in total. The van der Waals surface area contributed by atoms with E-state index in [1.165, 1.54) is 0 Å². The van der Waals surface area contributed by atoms with E-state index in [9.17, 15) is 9.59 Å². The fourth-order valence-electron chi connectivity index (χ4n) is 3.12. The van der Waals surface area contributed by atoms with Gasteiger partial charge in [0.25, 0.3) is 0 Å². The Kier molecular flexibility index (Phi) is 8.09. The first-order valence-corrected chi connectivity index (χ1v) is 10.5. The lowest BCUT2D eigenvalue weighted by atomic mass is 10.1. The van der Waals surface area contributed by atoms with Gasteiger partial charge in [-0.3, -0.25) is 9.59 Å². The maximum atomic E-state index is 12.3. The number of nitrogens with one attached hydrogen (secondary N) is 2. The minimum absolute atomic E-state index is 0.0463. The van der Waals surface area contributed by atoms with Crippen molar-refractivity contribution >= 4 is 29.3 Å². The number of amides is 2. The molecule has 0 aromatic heterocycles. The van der Waals surface area contributed by atoms with Gasteiger partial charge in [0, 0.05) is 24.1 Å². The van der Waals surface area contributed by atoms with Crippen molar-refractivity contribution < 1.29 is 9.59 Å². The summed E-state index contributed by atoms with van der Waals surface area (Å²) in [4.78, 5) is 24.5. The summed E-state index contributed by atoms with van der Waals surface area (Å²) in [5.74, 6) is -0.523. The molecule has 0 aliphatic heterocycles. The van der Waals surface area contributed by atoms with Crippen LogP contribution in [0, 0.1) is 13.8 Å². The average molecular weight is 426 g/mol. The monoisotopic (exact) mass is 425 g/mol. The summed E-state index contributed by atoms with van der Waals surface area (Å²) in [7, 11) is 0. The van der Waals surface area contributed by atoms with E-state index in [-0.39, 0.29) is 24.7 Å². The summed E-state index contributed by atoms with van der Waals surface area (Å²) in [5.41, 5.74) is 8.00. The van der Waals surface area contributed by atoms with Gasteiger partial charge in [0.2, 0.25) is 11.8 Å². The highest BCUT2D eigenvalue weighted by Crippen LogP contribution is 2.16. The molecule has 3 rings (SSSR count). The van der Waals surface area contributed by atoms with E-state index in [1.54, 1.807) is 0 Å². The molecule has 32 heavy (non-hydrogen) atoms. The van der Waals surface area contributed by atoms with Gasteiger partial charge < -0.3 is 5.32 Å². The van der Waals surface area contributed by atoms with Gasteiger partial charge in [-0.15, -0.1) is 0 Å². The summed E-state index contributed by atoms with van der Waals surface area (Å²) < 4.78 is 0. The van der Waals surface area contributed by atoms with Crippen molar-refractivity contribution in [2.75, 3.05) is 5.32 Å². The Bertz CT molecular complexity index is 1120. The molecule has 2 amide bonds. The second-order valence-electron chi connectivity index (χ2n) is 7.51. The zero-order valence-electron chi connectivity index (χ0n) is 18.3. The predicted molar refractivity (Wildman–Crippen MR) is 130 cm³/mol. The van der Waals surface area contributed by atoms with Crippen molar-refractivity contribution in [3.8, 4) is 0 Å². The lowest BCUT2D eigenvalue weighted by Gasteiger charge is -2.09. The summed E-state index contributed by atoms with van der Waals surface area (Å²) in [6.07, 6.45) is 3.92. The van der Waals surface area contributed by atoms with Gasteiger partial charge in [0.15, 0.2) is 0 Å². The third-order valence-corrected chi connectivity index (χ3v) is 4.84. The van der Waals surface area contributed by atoms with Gasteiger partial charge in [0.05, 0.1) is 5.71 Å². The van der Waals surface area contributed by atoms with Crippen molar-refractivity contribution in [2.45, 2.75) is 26.7 Å². The highest BCUT2D eigenvalue weighted by Gasteiger charge is 2.09. The van der Waals surface area contributed by atoms with Crippen LogP contribution in [0.2, 0.25) is 0 Å². The second kappa shape index (κ2) is 11.4. The van der Waals surface area contributed by atoms with Crippen molar-refractivity contribution in [1.29, 1.82) is 0 Å². The van der Waals surface area contributed by atoms with Gasteiger partial charge >= 0.3 is 0 Å². The molecule has 0 saturated heterocycles. The summed E-state index contributed by atoms with van der Waals surface area (Å²) in [6.45, 7) is 3.94. The number of hydrazone groups is 1. The SMILES string of the molecule is Cc1ccc(NC(=O)CCC(=O)NN=C(/C=C\c2ccccc2)c2ccccc2)c(C)c1. The zero-order valence-corrected chi connectivity index (χ0v) is 18.3. The molecule has 0 unspecified atom stereocenters. The van der Waals surface area contributed by atoms with Gasteiger partial charge in [-0.25, -0.2) is 5.43 Å². The molecule has 162 valence electrons. The number of hydrogen-bond acceptors (Lipinski definition) is 3. The molecule has 5 heteroatoms. The molecule has 3 aromatic carbocycles. The number of aryl methyl sites for hydroxylation is 2. The fourth-order valence-corrected chi connectivity index (χ4v) is 3.12. The number of anilines is 1. The van der Waals surface area contributed by atoms with E-state index in [2.05, 4.69) is 15.8 Å². The molecule has 3 aromatic rings. The van der Waals surface area contributed by atoms with Crippen LogP contribution >= 0.6 is 0 Å². The van der Waals surface area contributed by atoms with Crippen LogP contribution < -0.4 is 10.7 Å². The topological polar surface area (TPSA) is 70.6 Å². The van der Waals surface area contributed by atoms with Crippen molar-refractivity contribution in [1.82, 2.24) is 5.43 Å². The molecule has 0 saturated carbocycles. The number of carbonyl (C=O) groups excluding carboxylic acids is 2. The highest BCUT2D eigenvalue weighted by atomic mass is 16.2. The molecule has 2 N–H and O–H groups in total. The Labute approximate surface area is 188 Å². The third kappa shape index (κ3) is 7.06. The maximum Gasteiger partial charge on any atom is 0.240 e. The van der Waals surface area contributed by atoms with Crippen molar-refractivity contribution in [3.63, 3.8) is 0 Å². The predicted octanol–water partition coefficient (Wildman–Crippen LogP) is 5.26. The molecule has 0 bridgehead atoms. The van der Waals surface area contributed by atoms with Crippen LogP contribution in [0.4, 0.5) is 5.69 Å². The van der Waals surface area contributed by atoms with E-state index in [1.807, 2.05) is 105 Å². The van der Waals surface area contributed by atoms with Gasteiger partial charge in [-0.2, -0.15) is 5.10 Å². The first-order chi connectivity index (χ1) is 15.5. The largest absolute Gasteiger partial charge is 0.326 e. The summed E-state index contributed by atoms with van der Waals surface area (Å²) in [6, 6.07) is 25.3. The quantitative estimate of drug-likeness (QED) is 0.382. The Morgan fingerprint density at radius 3 is 2.19 bits per heavy atom. The lowest BCUT2D eigenvalue weighted by Crippen LogP contribution is -2.22. The number of hydrogen-bond donors (Lipinski definition) is 2. The summed E-state index contributed by atoms with van der Waals surface area (Å²) >= 11 is 0. The van der Waals surface area contributed by atoms with Crippen LogP contribution in [0.15, 0.2) is 90.0 Å². The molecule has 0 aliphatic rings. The van der Waals surface area contributed by atoms with Crippen LogP contribution in [0.5, 0.6) is 0 Å². The minimum atomic E-state index is -0.317. The number of benzene rings is 3. The molecule has 0 heterocycles. The van der Waals surface area contributed by atoms with Crippen LogP contribution in [-0.4, -0.2) is 17.5 Å². The number of carbonyl (C=O) groups is 2. The molecule has 0 spiro atoms. The smallest absolute Gasteiger partial charge is 0.240 e. The normalized spacial score (nSPS) is 11.4. The first kappa shape index (κ1) is 22.7. The Morgan fingerprint density at radius 1 is 0.844 bits per heavy atom. The van der Waals surface area contributed by atoms with Gasteiger partial charge in [0.1, 0.15) is 0 Å². The van der Waals surface area contributed by atoms with E-state index in [4.69, 9.17) is 0 Å². The Morgan fingerprint density at radius 2 is 1.50 bits per heavy atom. The highest BCUT2D eigenvalue weighted by molar-refractivity contribution is 6.11. The first-order valence-electron chi connectivity index (χ1n) is 10.5. The number of allylic oxidation sites excluding steroid dienone is 1. The standard InChI is InChI=1S/C27H27N3O2/c1-20-13-15-24(21(2)19-20)28-26(31)17-18-27(32)30-29-25(23-11-7-4-8-12-23)16-14-22-9-5-3-6-10-22/h3-16,19H,17-18H2,1-2H3,(H,28,31)(H,30,32)/b16-14-,29-25?. The molecule has 0 radical (unpaired) electrons. The minimum Gasteiger partial charge on any atom is -0.326 e. The van der Waals surface area contributed by atoms with Gasteiger partial charge in [-0.1, -0.05) is 84.4 Å². The van der Waals surface area contributed by atoms with E-state index in [0.717, 1.165) is 27.9 Å². The van der Waals surface area contributed by atoms with Gasteiger partial charge in [-0.05, 0) is 37.1 Å². The zero-order chi connectivity index (χ0) is 22.8. The fraction of sp³-hybridized carbons (Fsp3) is 0.148. The van der Waals surface area contributed by atoms with Crippen LogP contribution in [-0.2, 0) is 9.59 Å². The van der Waals surface area contributed by atoms with E-state index in [0.29, 0.717) is 5.71 Å². The van der Waals surface area contributed by atoms with E-state index < -0.39 is 0 Å². The second-order valence-corrected chi connectivity index (χ2v) is 7.51. The number of nitrogens with zero attached hydrogens (tertiary/aromatic N) is 1. The molecular formula is C27H27N3O2. The lowest BCUT2D eigenvalue weighted by molar-refractivity contribution is -0.124. The Hall–Kier alpha value is -3.99. The third-order valence-electron chi connectivity index (χ3n) is 4.84. The summed E-state index contributed by atoms with van der Waals surface area (Å²) in [5, 5.41) is 7.15. The van der Waals surface area contributed by atoms with Crippen LogP contribution in [0.3, 0.4) is 0 Å². The molecular weight excluding hydrogens is 398 g/mol. The number of rotatable bonds is 8. The average Bonchev–Trinajstić information content (AvgIpc) is 2.81. The Balaban J connectivity index is 1.60. The maximum absolute atomic E-state index is 12.3. The molecule has 0 aliphatic carbocycles. The van der Waals surface area contributed by atoms with Crippen molar-refractivity contribution in [3.05, 3.63) is 107 Å². The van der Waals surface area contributed by atoms with Crippen LogP contribution in [0.25, 0.3) is 6.08 Å². The van der Waals surface area contributed by atoms with Crippen LogP contribution in [0.1, 0.15) is 35.1 Å². The van der Waals surface area contributed by atoms with Crippen molar-refractivity contribution in [2.24, 2.45) is 5.10 Å². The van der Waals surface area contributed by atoms with E-state index >= 15 is 0 Å².